The van der Waals surface area contributed by atoms with Crippen LogP contribution in [-0.4, -0.2) is 49.1 Å². The minimum atomic E-state index is -3.89. The van der Waals surface area contributed by atoms with Gasteiger partial charge in [-0.05, 0) is 54.4 Å². The highest BCUT2D eigenvalue weighted by Crippen LogP contribution is 2.38. The molecular formula is C31H30N6O5S. The number of rotatable bonds is 8. The second kappa shape index (κ2) is 10.7. The van der Waals surface area contributed by atoms with E-state index in [1.165, 1.54) is 25.2 Å². The van der Waals surface area contributed by atoms with Crippen LogP contribution in [0.2, 0.25) is 0 Å². The summed E-state index contributed by atoms with van der Waals surface area (Å²) in [6.07, 6.45) is 2.16. The zero-order valence-corrected chi connectivity index (χ0v) is 24.6. The first kappa shape index (κ1) is 28.2. The number of carbonyl (C=O) groups is 1. The number of hydrogen-bond donors (Lipinski definition) is 3. The number of amides is 1. The summed E-state index contributed by atoms with van der Waals surface area (Å²) in [6.45, 7) is 0. The van der Waals surface area contributed by atoms with Gasteiger partial charge in [0.15, 0.2) is 0 Å². The van der Waals surface area contributed by atoms with Crippen LogP contribution < -0.4 is 25.2 Å². The maximum Gasteiger partial charge on any atom is 0.248 e. The molecule has 1 amide bonds. The minimum Gasteiger partial charge on any atom is -0.481 e. The number of ether oxygens (including phenoxy) is 2. The van der Waals surface area contributed by atoms with E-state index in [1.807, 2.05) is 54.2 Å². The molecule has 0 saturated heterocycles. The van der Waals surface area contributed by atoms with E-state index >= 15 is 0 Å². The number of fused-ring (bicyclic) bond motifs is 4. The van der Waals surface area contributed by atoms with Crippen LogP contribution in [0.5, 0.6) is 11.8 Å². The lowest BCUT2D eigenvalue weighted by Crippen LogP contribution is -2.43. The van der Waals surface area contributed by atoms with Crippen LogP contribution in [0.15, 0.2) is 83.9 Å². The lowest BCUT2D eigenvalue weighted by Gasteiger charge is -2.27. The fraction of sp³-hybridized carbons (Fsp3) is 0.161. The van der Waals surface area contributed by atoms with E-state index in [0.29, 0.717) is 22.6 Å². The summed E-state index contributed by atoms with van der Waals surface area (Å²) >= 11 is 0. The van der Waals surface area contributed by atoms with Crippen molar-refractivity contribution in [2.24, 2.45) is 17.9 Å². The summed E-state index contributed by atoms with van der Waals surface area (Å²) < 4.78 is 36.9. The third kappa shape index (κ3) is 4.95. The van der Waals surface area contributed by atoms with E-state index in [4.69, 9.17) is 20.3 Å². The molecule has 0 bridgehead atoms. The smallest absolute Gasteiger partial charge is 0.248 e. The van der Waals surface area contributed by atoms with Crippen molar-refractivity contribution in [2.45, 2.75) is 17.4 Å². The molecule has 43 heavy (non-hydrogen) atoms. The standard InChI is InChI=1S/C31H30N6O5S/c1-36-26-11-9-20(43(33,39)40)16-23(26)22-10-8-19(15-28(22)36)37(27-12-13-29(41-2)35-30(27)42-3)31(38)24(32)14-18-17-34-25-7-5-4-6-21(18)25/h4-13,15-17,24,34H,14,32H2,1-3H3,(H2,33,39,40). The van der Waals surface area contributed by atoms with E-state index in [-0.39, 0.29) is 23.1 Å². The van der Waals surface area contributed by atoms with Gasteiger partial charge in [0, 0.05) is 46.5 Å². The predicted molar refractivity (Wildman–Crippen MR) is 166 cm³/mol. The number of aromatic nitrogens is 3. The van der Waals surface area contributed by atoms with Crippen LogP contribution in [0.1, 0.15) is 5.56 Å². The number of anilines is 2. The summed E-state index contributed by atoms with van der Waals surface area (Å²) in [5.41, 5.74) is 11.0. The summed E-state index contributed by atoms with van der Waals surface area (Å²) in [7, 11) is 0.945. The summed E-state index contributed by atoms with van der Waals surface area (Å²) in [5.74, 6) is 0.137. The Labute approximate surface area is 247 Å². The number of carbonyl (C=O) groups excluding carboxylic acids is 1. The molecule has 3 aromatic heterocycles. The van der Waals surface area contributed by atoms with E-state index in [1.54, 1.807) is 30.3 Å². The number of aromatic amines is 1. The molecule has 0 saturated carbocycles. The normalized spacial score (nSPS) is 12.6. The van der Waals surface area contributed by atoms with E-state index in [0.717, 1.165) is 32.9 Å². The van der Waals surface area contributed by atoms with Crippen molar-refractivity contribution in [3.63, 3.8) is 0 Å². The molecule has 3 heterocycles. The van der Waals surface area contributed by atoms with Gasteiger partial charge in [0.05, 0.1) is 36.4 Å². The fourth-order valence-corrected chi connectivity index (χ4v) is 6.06. The molecule has 1 atom stereocenters. The number of sulfonamides is 1. The Morgan fingerprint density at radius 1 is 0.977 bits per heavy atom. The number of nitrogens with one attached hydrogen (secondary N) is 1. The van der Waals surface area contributed by atoms with Gasteiger partial charge >= 0.3 is 0 Å². The summed E-state index contributed by atoms with van der Waals surface area (Å²) in [6, 6.07) is 20.5. The Hall–Kier alpha value is -4.91. The lowest BCUT2D eigenvalue weighted by atomic mass is 10.0. The molecule has 3 aromatic carbocycles. The van der Waals surface area contributed by atoms with E-state index in [9.17, 15) is 13.2 Å². The number of para-hydroxylation sites is 1. The SMILES string of the molecule is COc1ccc(N(C(=O)C(N)Cc2c[nH]c3ccccc23)c2ccc3c4cc(S(N)(=O)=O)ccc4n(C)c3c2)c(OC)n1. The molecule has 6 rings (SSSR count). The molecule has 220 valence electrons. The quantitative estimate of drug-likeness (QED) is 0.238. The van der Waals surface area contributed by atoms with Crippen molar-refractivity contribution in [1.82, 2.24) is 14.5 Å². The van der Waals surface area contributed by atoms with Crippen LogP contribution in [0, 0.1) is 0 Å². The highest BCUT2D eigenvalue weighted by molar-refractivity contribution is 7.89. The number of benzene rings is 3. The molecule has 11 nitrogen and oxygen atoms in total. The van der Waals surface area contributed by atoms with Gasteiger partial charge in [-0.2, -0.15) is 4.98 Å². The van der Waals surface area contributed by atoms with Gasteiger partial charge in [-0.1, -0.05) is 24.3 Å². The van der Waals surface area contributed by atoms with Crippen LogP contribution >= 0.6 is 0 Å². The maximum atomic E-state index is 14.3. The average Bonchev–Trinajstić information content (AvgIpc) is 3.54. The van der Waals surface area contributed by atoms with Crippen molar-refractivity contribution in [1.29, 1.82) is 0 Å². The molecule has 0 aliphatic heterocycles. The van der Waals surface area contributed by atoms with Gasteiger partial charge in [0.25, 0.3) is 0 Å². The minimum absolute atomic E-state index is 0.0191. The first-order valence-corrected chi connectivity index (χ1v) is 14.9. The van der Waals surface area contributed by atoms with Crippen molar-refractivity contribution in [3.8, 4) is 11.8 Å². The number of H-pyrrole nitrogens is 1. The molecule has 0 spiro atoms. The van der Waals surface area contributed by atoms with Gasteiger partial charge in [0.1, 0.15) is 5.69 Å². The Kier molecular flexibility index (Phi) is 7.04. The first-order chi connectivity index (χ1) is 20.6. The number of pyridine rings is 1. The maximum absolute atomic E-state index is 14.3. The van der Waals surface area contributed by atoms with Crippen LogP contribution in [0.3, 0.4) is 0 Å². The molecule has 1 unspecified atom stereocenters. The molecular weight excluding hydrogens is 568 g/mol. The molecule has 0 radical (unpaired) electrons. The Morgan fingerprint density at radius 3 is 2.51 bits per heavy atom. The molecule has 12 heteroatoms. The average molecular weight is 599 g/mol. The topological polar surface area (TPSA) is 159 Å². The largest absolute Gasteiger partial charge is 0.481 e. The van der Waals surface area contributed by atoms with Crippen LogP contribution in [0.4, 0.5) is 11.4 Å². The van der Waals surface area contributed by atoms with Crippen LogP contribution in [-0.2, 0) is 28.3 Å². The van der Waals surface area contributed by atoms with E-state index < -0.39 is 16.1 Å². The van der Waals surface area contributed by atoms with Gasteiger partial charge < -0.3 is 24.8 Å². The van der Waals surface area contributed by atoms with Crippen molar-refractivity contribution in [3.05, 3.63) is 84.6 Å². The van der Waals surface area contributed by atoms with Gasteiger partial charge in [-0.25, -0.2) is 13.6 Å². The number of methoxy groups -OCH3 is 2. The van der Waals surface area contributed by atoms with Gasteiger partial charge in [0.2, 0.25) is 27.7 Å². The zero-order chi connectivity index (χ0) is 30.5. The monoisotopic (exact) mass is 598 g/mol. The van der Waals surface area contributed by atoms with Crippen molar-refractivity contribution < 1.29 is 22.7 Å². The number of aryl methyl sites for hydroxylation is 1. The third-order valence-electron chi connectivity index (χ3n) is 7.66. The number of hydrogen-bond acceptors (Lipinski definition) is 7. The first-order valence-electron chi connectivity index (χ1n) is 13.4. The third-order valence-corrected chi connectivity index (χ3v) is 8.57. The predicted octanol–water partition coefficient (Wildman–Crippen LogP) is 4.11. The van der Waals surface area contributed by atoms with Crippen LogP contribution in [0.25, 0.3) is 32.7 Å². The Morgan fingerprint density at radius 2 is 1.77 bits per heavy atom. The van der Waals surface area contributed by atoms with Crippen molar-refractivity contribution in [2.75, 3.05) is 19.1 Å². The Balaban J connectivity index is 1.49. The summed E-state index contributed by atoms with van der Waals surface area (Å²) in [4.78, 5) is 23.4. The fourth-order valence-electron chi connectivity index (χ4n) is 5.52. The molecule has 5 N–H and O–H groups in total. The number of nitrogens with two attached hydrogens (primary N) is 2. The Bertz CT molecular complexity index is 2140. The second-order valence-corrected chi connectivity index (χ2v) is 11.8. The molecule has 6 aromatic rings. The highest BCUT2D eigenvalue weighted by atomic mass is 32.2. The van der Waals surface area contributed by atoms with Crippen molar-refractivity contribution >= 4 is 60.0 Å². The lowest BCUT2D eigenvalue weighted by molar-refractivity contribution is -0.119. The van der Waals surface area contributed by atoms with E-state index in [2.05, 4.69) is 9.97 Å². The van der Waals surface area contributed by atoms with Gasteiger partial charge in [-0.15, -0.1) is 0 Å². The van der Waals surface area contributed by atoms with Gasteiger partial charge in [-0.3, -0.25) is 9.69 Å². The number of primary sulfonamides is 1. The zero-order valence-electron chi connectivity index (χ0n) is 23.7. The molecule has 0 fully saturated rings. The second-order valence-electron chi connectivity index (χ2n) is 10.2. The molecule has 0 aliphatic rings. The summed E-state index contributed by atoms with van der Waals surface area (Å²) in [5, 5.41) is 7.90. The molecule has 0 aliphatic carbocycles. The highest BCUT2D eigenvalue weighted by Gasteiger charge is 2.29. The number of nitrogens with zero attached hydrogens (tertiary/aromatic N) is 3.